The second-order valence-electron chi connectivity index (χ2n) is 3.46. The van der Waals surface area contributed by atoms with Gasteiger partial charge in [0.2, 0.25) is 0 Å². The van der Waals surface area contributed by atoms with Gasteiger partial charge in [0.1, 0.15) is 5.82 Å². The van der Waals surface area contributed by atoms with Gasteiger partial charge in [-0.1, -0.05) is 18.2 Å². The molecule has 0 aromatic heterocycles. The Kier molecular flexibility index (Phi) is 5.36. The summed E-state index contributed by atoms with van der Waals surface area (Å²) in [4.78, 5) is 11.1. The third-order valence-corrected chi connectivity index (χ3v) is 2.21. The van der Waals surface area contributed by atoms with Crippen molar-refractivity contribution in [3.05, 3.63) is 41.2 Å². The molecule has 0 unspecified atom stereocenters. The molecule has 0 spiro atoms. The van der Waals surface area contributed by atoms with Crippen LogP contribution in [0, 0.1) is 5.82 Å². The maximum absolute atomic E-state index is 12.9. The van der Waals surface area contributed by atoms with Gasteiger partial charge in [0, 0.05) is 6.54 Å². The van der Waals surface area contributed by atoms with Gasteiger partial charge in [-0.3, -0.25) is 4.79 Å². The van der Waals surface area contributed by atoms with Crippen LogP contribution in [0.5, 0.6) is 0 Å². The monoisotopic (exact) mass is 237 g/mol. The van der Waals surface area contributed by atoms with E-state index >= 15 is 0 Å². The standard InChI is InChI=1S/C13H16FNO2/c1-2-17-13(16)5-3-4-10-6-7-12(14)8-11(10)9-15/h3-4,6-8H,2,5,9,15H2,1H3. The van der Waals surface area contributed by atoms with Gasteiger partial charge < -0.3 is 10.5 Å². The van der Waals surface area contributed by atoms with Crippen LogP contribution in [0.25, 0.3) is 6.08 Å². The lowest BCUT2D eigenvalue weighted by molar-refractivity contribution is -0.142. The number of rotatable bonds is 5. The summed E-state index contributed by atoms with van der Waals surface area (Å²) < 4.78 is 17.7. The minimum atomic E-state index is -0.312. The van der Waals surface area contributed by atoms with Crippen molar-refractivity contribution in [1.82, 2.24) is 0 Å². The molecule has 3 nitrogen and oxygen atoms in total. The number of halogens is 1. The maximum atomic E-state index is 12.9. The van der Waals surface area contributed by atoms with Gasteiger partial charge in [0.05, 0.1) is 13.0 Å². The van der Waals surface area contributed by atoms with Crippen LogP contribution >= 0.6 is 0 Å². The van der Waals surface area contributed by atoms with Crippen molar-refractivity contribution >= 4 is 12.0 Å². The molecule has 1 rings (SSSR count). The molecule has 0 aliphatic heterocycles. The fraction of sp³-hybridized carbons (Fsp3) is 0.308. The normalized spacial score (nSPS) is 10.8. The van der Waals surface area contributed by atoms with Crippen molar-refractivity contribution in [2.75, 3.05) is 6.61 Å². The van der Waals surface area contributed by atoms with E-state index in [4.69, 9.17) is 10.5 Å². The molecule has 0 atom stereocenters. The van der Waals surface area contributed by atoms with E-state index in [-0.39, 0.29) is 24.8 Å². The topological polar surface area (TPSA) is 52.3 Å². The summed E-state index contributed by atoms with van der Waals surface area (Å²) in [5, 5.41) is 0. The Labute approximate surface area is 100 Å². The van der Waals surface area contributed by atoms with Crippen LogP contribution in [0.3, 0.4) is 0 Å². The van der Waals surface area contributed by atoms with Gasteiger partial charge in [-0.05, 0) is 30.2 Å². The molecule has 92 valence electrons. The molecule has 2 N–H and O–H groups in total. The first-order valence-corrected chi connectivity index (χ1v) is 5.48. The zero-order chi connectivity index (χ0) is 12.7. The largest absolute Gasteiger partial charge is 0.466 e. The van der Waals surface area contributed by atoms with E-state index in [1.807, 2.05) is 0 Å². The lowest BCUT2D eigenvalue weighted by Crippen LogP contribution is -2.02. The van der Waals surface area contributed by atoms with E-state index in [2.05, 4.69) is 0 Å². The Morgan fingerprint density at radius 2 is 2.29 bits per heavy atom. The molecule has 17 heavy (non-hydrogen) atoms. The Morgan fingerprint density at radius 1 is 1.53 bits per heavy atom. The molecule has 1 aromatic rings. The van der Waals surface area contributed by atoms with Gasteiger partial charge in [-0.15, -0.1) is 0 Å². The first-order chi connectivity index (χ1) is 8.17. The summed E-state index contributed by atoms with van der Waals surface area (Å²) in [6.07, 6.45) is 3.64. The van der Waals surface area contributed by atoms with Crippen LogP contribution in [0.4, 0.5) is 4.39 Å². The second kappa shape index (κ2) is 6.81. The summed E-state index contributed by atoms with van der Waals surface area (Å²) in [5.41, 5.74) is 7.04. The number of carbonyl (C=O) groups is 1. The Hall–Kier alpha value is -1.68. The number of nitrogens with two attached hydrogens (primary N) is 1. The van der Waals surface area contributed by atoms with E-state index in [9.17, 15) is 9.18 Å². The van der Waals surface area contributed by atoms with Crippen LogP contribution in [-0.2, 0) is 16.1 Å². The van der Waals surface area contributed by atoms with Crippen molar-refractivity contribution in [3.8, 4) is 0 Å². The molecule has 0 radical (unpaired) electrons. The zero-order valence-electron chi connectivity index (χ0n) is 9.78. The van der Waals surface area contributed by atoms with E-state index in [0.717, 1.165) is 5.56 Å². The molecular formula is C13H16FNO2. The first kappa shape index (κ1) is 13.4. The molecule has 1 aromatic carbocycles. The van der Waals surface area contributed by atoms with Crippen molar-refractivity contribution in [1.29, 1.82) is 0 Å². The number of hydrogen-bond donors (Lipinski definition) is 1. The smallest absolute Gasteiger partial charge is 0.309 e. The number of benzene rings is 1. The van der Waals surface area contributed by atoms with E-state index < -0.39 is 0 Å². The van der Waals surface area contributed by atoms with Crippen LogP contribution in [0.15, 0.2) is 24.3 Å². The van der Waals surface area contributed by atoms with Crippen molar-refractivity contribution in [2.24, 2.45) is 5.73 Å². The lowest BCUT2D eigenvalue weighted by atomic mass is 10.1. The Balaban J connectivity index is 2.67. The van der Waals surface area contributed by atoms with Gasteiger partial charge in [0.25, 0.3) is 0 Å². The molecule has 0 amide bonds. The first-order valence-electron chi connectivity index (χ1n) is 5.48. The Bertz CT molecular complexity index is 416. The third kappa shape index (κ3) is 4.36. The van der Waals surface area contributed by atoms with Gasteiger partial charge in [-0.25, -0.2) is 4.39 Å². The van der Waals surface area contributed by atoms with E-state index in [1.54, 1.807) is 25.1 Å². The second-order valence-corrected chi connectivity index (χ2v) is 3.46. The highest BCUT2D eigenvalue weighted by atomic mass is 19.1. The van der Waals surface area contributed by atoms with Gasteiger partial charge in [-0.2, -0.15) is 0 Å². The van der Waals surface area contributed by atoms with Gasteiger partial charge >= 0.3 is 5.97 Å². The maximum Gasteiger partial charge on any atom is 0.309 e. The average molecular weight is 237 g/mol. The van der Waals surface area contributed by atoms with Crippen molar-refractivity contribution in [3.63, 3.8) is 0 Å². The van der Waals surface area contributed by atoms with E-state index in [1.165, 1.54) is 12.1 Å². The number of carbonyl (C=O) groups excluding carboxylic acids is 1. The molecule has 0 saturated heterocycles. The molecule has 4 heteroatoms. The van der Waals surface area contributed by atoms with Gasteiger partial charge in [0.15, 0.2) is 0 Å². The minimum Gasteiger partial charge on any atom is -0.466 e. The molecular weight excluding hydrogens is 221 g/mol. The minimum absolute atomic E-state index is 0.204. The molecule has 0 fully saturated rings. The average Bonchev–Trinajstić information content (AvgIpc) is 2.31. The Morgan fingerprint density at radius 3 is 2.94 bits per heavy atom. The fourth-order valence-electron chi connectivity index (χ4n) is 1.42. The predicted octanol–water partition coefficient (Wildman–Crippen LogP) is 2.25. The molecule has 0 aliphatic carbocycles. The number of esters is 1. The highest BCUT2D eigenvalue weighted by molar-refractivity contribution is 5.72. The lowest BCUT2D eigenvalue weighted by Gasteiger charge is -2.03. The molecule has 0 aliphatic rings. The van der Waals surface area contributed by atoms with E-state index in [0.29, 0.717) is 12.2 Å². The zero-order valence-corrected chi connectivity index (χ0v) is 9.78. The molecule has 0 saturated carbocycles. The van der Waals surface area contributed by atoms with Crippen LogP contribution in [0.2, 0.25) is 0 Å². The van der Waals surface area contributed by atoms with Crippen molar-refractivity contribution < 1.29 is 13.9 Å². The number of ether oxygens (including phenoxy) is 1. The highest BCUT2D eigenvalue weighted by Gasteiger charge is 2.01. The summed E-state index contributed by atoms with van der Waals surface area (Å²) in [5.74, 6) is -0.590. The van der Waals surface area contributed by atoms with Crippen molar-refractivity contribution in [2.45, 2.75) is 19.9 Å². The highest BCUT2D eigenvalue weighted by Crippen LogP contribution is 2.13. The SMILES string of the molecule is CCOC(=O)CC=Cc1ccc(F)cc1CN. The third-order valence-electron chi connectivity index (χ3n) is 2.21. The number of hydrogen-bond acceptors (Lipinski definition) is 3. The summed E-state index contributed by atoms with van der Waals surface area (Å²) >= 11 is 0. The fourth-order valence-corrected chi connectivity index (χ4v) is 1.42. The quantitative estimate of drug-likeness (QED) is 0.799. The molecule has 0 heterocycles. The summed E-state index contributed by atoms with van der Waals surface area (Å²) in [7, 11) is 0. The van der Waals surface area contributed by atoms with Crippen LogP contribution < -0.4 is 5.73 Å². The molecule has 0 bridgehead atoms. The van der Waals surface area contributed by atoms with Crippen LogP contribution in [0.1, 0.15) is 24.5 Å². The summed E-state index contributed by atoms with van der Waals surface area (Å²) in [6.45, 7) is 2.39. The predicted molar refractivity (Wildman–Crippen MR) is 64.6 cm³/mol. The summed E-state index contributed by atoms with van der Waals surface area (Å²) in [6, 6.07) is 4.40. The van der Waals surface area contributed by atoms with Crippen LogP contribution in [-0.4, -0.2) is 12.6 Å².